The van der Waals surface area contributed by atoms with Crippen molar-refractivity contribution in [3.8, 4) is 11.3 Å². The lowest BCUT2D eigenvalue weighted by molar-refractivity contribution is 0.385. The molecule has 1 aromatic heterocycles. The molecule has 36 heavy (non-hydrogen) atoms. The highest BCUT2D eigenvalue weighted by Gasteiger charge is 2.48. The first-order chi connectivity index (χ1) is 17.7. The quantitative estimate of drug-likeness (QED) is 0.200. The maximum absolute atomic E-state index is 6.71. The molecule has 0 N–H and O–H groups in total. The minimum atomic E-state index is -2.14. The number of rotatable bonds is 7. The second-order valence-electron chi connectivity index (χ2n) is 9.22. The maximum atomic E-state index is 6.71. The summed E-state index contributed by atoms with van der Waals surface area (Å²) >= 11 is 13.4. The molecule has 1 fully saturated rings. The van der Waals surface area contributed by atoms with Crippen molar-refractivity contribution >= 4 is 46.4 Å². The van der Waals surface area contributed by atoms with Crippen molar-refractivity contribution in [3.05, 3.63) is 131 Å². The fourth-order valence-corrected chi connectivity index (χ4v) is 9.91. The fraction of sp³-hybridized carbons (Fsp3) is 0.129. The van der Waals surface area contributed by atoms with Crippen LogP contribution >= 0.6 is 30.5 Å². The monoisotopic (exact) mass is 528 g/mol. The van der Waals surface area contributed by atoms with Gasteiger partial charge in [0.2, 0.25) is 0 Å². The summed E-state index contributed by atoms with van der Waals surface area (Å²) in [6, 6.07) is 38.2. The van der Waals surface area contributed by atoms with Gasteiger partial charge in [-0.3, -0.25) is 0 Å². The average Bonchev–Trinajstić information content (AvgIpc) is 3.69. The zero-order valence-electron chi connectivity index (χ0n) is 19.6. The summed E-state index contributed by atoms with van der Waals surface area (Å²) in [6.45, 7) is 0. The molecule has 1 aliphatic carbocycles. The first-order valence-electron chi connectivity index (χ1n) is 12.2. The number of hydrogen-bond donors (Lipinski definition) is 0. The van der Waals surface area contributed by atoms with Crippen molar-refractivity contribution in [1.29, 1.82) is 0 Å². The molecule has 1 heterocycles. The Morgan fingerprint density at radius 1 is 0.667 bits per heavy atom. The predicted octanol–water partition coefficient (Wildman–Crippen LogP) is 8.02. The van der Waals surface area contributed by atoms with Gasteiger partial charge < -0.3 is 4.52 Å². The van der Waals surface area contributed by atoms with E-state index in [1.165, 1.54) is 15.9 Å². The van der Waals surface area contributed by atoms with Crippen LogP contribution in [-0.2, 0) is 6.16 Å². The first-order valence-corrected chi connectivity index (χ1v) is 14.9. The van der Waals surface area contributed by atoms with E-state index < -0.39 is 7.26 Å². The Balaban J connectivity index is 1.65. The summed E-state index contributed by atoms with van der Waals surface area (Å²) in [5.74, 6) is 1.37. The number of halogens is 2. The SMILES string of the molecule is Clc1cccc(Cl)c1-c1noc(C2CC2)c1C[P+](c1ccccc1)(c1ccccc1)c1ccccc1. The minimum absolute atomic E-state index is 0.395. The van der Waals surface area contributed by atoms with Crippen LogP contribution in [0.15, 0.2) is 114 Å². The third-order valence-corrected chi connectivity index (χ3v) is 11.9. The standard InChI is InChI=1S/C31H25Cl2NOP/c32-27-17-10-18-28(33)29(27)30-26(31(35-34-30)22-19-20-22)21-36(23-11-4-1-5-12-23,24-13-6-2-7-14-24)25-15-8-3-9-16-25/h1-18,22H,19-21H2/q+1. The van der Waals surface area contributed by atoms with Gasteiger partial charge in [0, 0.05) is 11.5 Å². The van der Waals surface area contributed by atoms with Crippen LogP contribution in [0.5, 0.6) is 0 Å². The molecule has 0 spiro atoms. The van der Waals surface area contributed by atoms with Crippen LogP contribution in [0.4, 0.5) is 0 Å². The second-order valence-corrected chi connectivity index (χ2v) is 13.5. The zero-order valence-corrected chi connectivity index (χ0v) is 22.1. The van der Waals surface area contributed by atoms with Crippen LogP contribution < -0.4 is 15.9 Å². The second kappa shape index (κ2) is 9.87. The lowest BCUT2D eigenvalue weighted by Crippen LogP contribution is -2.32. The molecule has 0 amide bonds. The van der Waals surface area contributed by atoms with Gasteiger partial charge in [-0.25, -0.2) is 0 Å². The molecule has 5 heteroatoms. The van der Waals surface area contributed by atoms with Crippen molar-refractivity contribution in [2.45, 2.75) is 24.9 Å². The van der Waals surface area contributed by atoms with Crippen molar-refractivity contribution < 1.29 is 4.52 Å². The zero-order chi connectivity index (χ0) is 24.5. The van der Waals surface area contributed by atoms with Crippen molar-refractivity contribution in [2.75, 3.05) is 0 Å². The van der Waals surface area contributed by atoms with Gasteiger partial charge >= 0.3 is 0 Å². The van der Waals surface area contributed by atoms with Gasteiger partial charge in [-0.2, -0.15) is 0 Å². The van der Waals surface area contributed by atoms with E-state index in [-0.39, 0.29) is 0 Å². The third kappa shape index (κ3) is 4.18. The van der Waals surface area contributed by atoms with Crippen LogP contribution in [0.25, 0.3) is 11.3 Å². The smallest absolute Gasteiger partial charge is 0.147 e. The molecule has 0 atom stereocenters. The molecule has 1 saturated carbocycles. The van der Waals surface area contributed by atoms with Crippen LogP contribution in [0.1, 0.15) is 30.1 Å². The lowest BCUT2D eigenvalue weighted by Gasteiger charge is -2.28. The van der Waals surface area contributed by atoms with E-state index in [9.17, 15) is 0 Å². The average molecular weight is 529 g/mol. The van der Waals surface area contributed by atoms with Crippen LogP contribution in [-0.4, -0.2) is 5.16 Å². The fourth-order valence-electron chi connectivity index (χ4n) is 5.07. The molecule has 4 aromatic carbocycles. The van der Waals surface area contributed by atoms with E-state index in [0.29, 0.717) is 16.0 Å². The predicted molar refractivity (Wildman–Crippen MR) is 153 cm³/mol. The molecule has 0 radical (unpaired) electrons. The van der Waals surface area contributed by atoms with Gasteiger partial charge in [0.05, 0.1) is 15.6 Å². The maximum Gasteiger partial charge on any atom is 0.147 e. The highest BCUT2D eigenvalue weighted by atomic mass is 35.5. The molecule has 0 saturated heterocycles. The number of nitrogens with zero attached hydrogens (tertiary/aromatic N) is 1. The molecule has 1 aliphatic rings. The Labute approximate surface area is 222 Å². The van der Waals surface area contributed by atoms with Crippen molar-refractivity contribution in [1.82, 2.24) is 5.16 Å². The summed E-state index contributed by atoms with van der Waals surface area (Å²) in [7, 11) is -2.14. The Morgan fingerprint density at radius 2 is 1.14 bits per heavy atom. The van der Waals surface area contributed by atoms with Gasteiger partial charge in [0.15, 0.2) is 0 Å². The molecule has 178 valence electrons. The summed E-state index contributed by atoms with van der Waals surface area (Å²) in [5.41, 5.74) is 2.64. The topological polar surface area (TPSA) is 26.0 Å². The van der Waals surface area contributed by atoms with Gasteiger partial charge in [-0.1, -0.05) is 89.0 Å². The van der Waals surface area contributed by atoms with E-state index >= 15 is 0 Å². The largest absolute Gasteiger partial charge is 0.360 e. The van der Waals surface area contributed by atoms with Crippen LogP contribution in [0.3, 0.4) is 0 Å². The molecule has 6 rings (SSSR count). The lowest BCUT2D eigenvalue weighted by atomic mass is 10.1. The highest BCUT2D eigenvalue weighted by molar-refractivity contribution is 7.95. The Bertz CT molecular complexity index is 1360. The van der Waals surface area contributed by atoms with Crippen LogP contribution in [0, 0.1) is 0 Å². The molecule has 0 bridgehead atoms. The summed E-state index contributed by atoms with van der Waals surface area (Å²) in [5, 5.41) is 9.74. The van der Waals surface area contributed by atoms with E-state index in [1.807, 2.05) is 18.2 Å². The normalized spacial score (nSPS) is 13.6. The van der Waals surface area contributed by atoms with E-state index in [1.54, 1.807) is 0 Å². The number of benzene rings is 4. The number of aromatic nitrogens is 1. The minimum Gasteiger partial charge on any atom is -0.360 e. The van der Waals surface area contributed by atoms with Crippen molar-refractivity contribution in [2.24, 2.45) is 0 Å². The molecular weight excluding hydrogens is 504 g/mol. The van der Waals surface area contributed by atoms with Gasteiger partial charge in [-0.05, 0) is 61.4 Å². The van der Waals surface area contributed by atoms with E-state index in [0.717, 1.165) is 41.6 Å². The molecule has 5 aromatic rings. The molecule has 2 nitrogen and oxygen atoms in total. The summed E-state index contributed by atoms with van der Waals surface area (Å²) in [6.07, 6.45) is 3.01. The Kier molecular flexibility index (Phi) is 6.44. The summed E-state index contributed by atoms with van der Waals surface area (Å²) < 4.78 is 6.09. The Morgan fingerprint density at radius 3 is 1.58 bits per heavy atom. The summed E-state index contributed by atoms with van der Waals surface area (Å²) in [4.78, 5) is 0. The van der Waals surface area contributed by atoms with Gasteiger partial charge in [-0.15, -0.1) is 0 Å². The highest BCUT2D eigenvalue weighted by Crippen LogP contribution is 2.61. The van der Waals surface area contributed by atoms with E-state index in [2.05, 4.69) is 96.2 Å². The molecule has 0 unspecified atom stereocenters. The first kappa shape index (κ1) is 23.5. The van der Waals surface area contributed by atoms with Crippen molar-refractivity contribution in [3.63, 3.8) is 0 Å². The van der Waals surface area contributed by atoms with Gasteiger partial charge in [0.25, 0.3) is 0 Å². The molecule has 0 aliphatic heterocycles. The third-order valence-electron chi connectivity index (χ3n) is 6.95. The Hall–Kier alpha value is -2.90. The van der Waals surface area contributed by atoms with E-state index in [4.69, 9.17) is 27.7 Å². The van der Waals surface area contributed by atoms with Crippen LogP contribution in [0.2, 0.25) is 10.0 Å². The number of hydrogen-bond acceptors (Lipinski definition) is 2. The van der Waals surface area contributed by atoms with Gasteiger partial charge in [0.1, 0.15) is 40.8 Å². The molecular formula is C31H25Cl2NOP+.